The number of esters is 1. The lowest BCUT2D eigenvalue weighted by molar-refractivity contribution is -0.150. The summed E-state index contributed by atoms with van der Waals surface area (Å²) in [5.41, 5.74) is 3.70. The molecule has 1 aromatic rings. The number of rotatable bonds is 24. The van der Waals surface area contributed by atoms with E-state index in [-0.39, 0.29) is 59.4 Å². The second kappa shape index (κ2) is 41.3. The van der Waals surface area contributed by atoms with Gasteiger partial charge < -0.3 is 49.3 Å². The monoisotopic (exact) mass is 1160 g/mol. The maximum atomic E-state index is 14.2. The molecule has 0 amide bonds. The number of carbonyl (C=O) groups excluding carboxylic acids is 2. The van der Waals surface area contributed by atoms with Gasteiger partial charge in [0, 0.05) is 30.9 Å². The van der Waals surface area contributed by atoms with E-state index >= 15 is 0 Å². The third-order valence-electron chi connectivity index (χ3n) is 15.4. The molecule has 2 aliphatic carbocycles. The van der Waals surface area contributed by atoms with Gasteiger partial charge in [-0.25, -0.2) is 4.79 Å². The largest absolute Gasteiger partial charge is 0.506 e. The topological polar surface area (TPSA) is 172 Å². The molecule has 5 N–H and O–H groups in total. The quantitative estimate of drug-likeness (QED) is 0.0293. The van der Waals surface area contributed by atoms with E-state index in [1.54, 1.807) is 13.0 Å². The van der Waals surface area contributed by atoms with Gasteiger partial charge in [0.15, 0.2) is 0 Å². The molecular formula is C69H117ClO11. The average Bonchev–Trinajstić information content (AvgIpc) is 4.39. The van der Waals surface area contributed by atoms with Crippen LogP contribution in [0.2, 0.25) is 5.02 Å². The number of hydrogen-bond acceptors (Lipinski definition) is 11. The van der Waals surface area contributed by atoms with E-state index in [2.05, 4.69) is 101 Å². The van der Waals surface area contributed by atoms with E-state index in [1.165, 1.54) is 32.6 Å². The number of allylic oxidation sites excluding steroid dienone is 5. The van der Waals surface area contributed by atoms with Gasteiger partial charge in [-0.15, -0.1) is 13.2 Å². The third-order valence-corrected chi connectivity index (χ3v) is 15.7. The Hall–Kier alpha value is -3.71. The number of carbonyl (C=O) groups is 2. The first kappa shape index (κ1) is 77.3. The lowest BCUT2D eigenvalue weighted by Crippen LogP contribution is -2.43. The molecule has 12 heteroatoms. The molecule has 1 aliphatic heterocycles. The Morgan fingerprint density at radius 2 is 1.53 bits per heavy atom. The Morgan fingerprint density at radius 1 is 0.926 bits per heavy atom. The molecule has 0 radical (unpaired) electrons. The van der Waals surface area contributed by atoms with Crippen molar-refractivity contribution in [1.82, 2.24) is 0 Å². The van der Waals surface area contributed by atoms with Crippen LogP contribution >= 0.6 is 11.6 Å². The van der Waals surface area contributed by atoms with Gasteiger partial charge in [0.05, 0.1) is 47.8 Å². The lowest BCUT2D eigenvalue weighted by atomic mass is 9.77. The first-order valence-corrected chi connectivity index (χ1v) is 31.3. The summed E-state index contributed by atoms with van der Waals surface area (Å²) in [5, 5.41) is 53.8. The average molecular weight is 1160 g/mol. The van der Waals surface area contributed by atoms with Crippen LogP contribution < -0.4 is 0 Å². The van der Waals surface area contributed by atoms with Crippen LogP contribution in [-0.4, -0.2) is 93.2 Å². The molecule has 0 spiro atoms. The fraction of sp³-hybridized carbons (Fsp3) is 0.710. The predicted octanol–water partition coefficient (Wildman–Crippen LogP) is 17.0. The van der Waals surface area contributed by atoms with Crippen molar-refractivity contribution in [3.8, 4) is 11.5 Å². The summed E-state index contributed by atoms with van der Waals surface area (Å²) in [6, 6.07) is 0. The molecule has 3 aliphatic rings. The van der Waals surface area contributed by atoms with E-state index in [9.17, 15) is 30.3 Å². The summed E-state index contributed by atoms with van der Waals surface area (Å²) in [7, 11) is 0. The van der Waals surface area contributed by atoms with Crippen LogP contribution in [0, 0.1) is 41.4 Å². The van der Waals surface area contributed by atoms with Crippen molar-refractivity contribution in [2.24, 2.45) is 41.4 Å². The van der Waals surface area contributed by atoms with Gasteiger partial charge >= 0.3 is 5.97 Å². The van der Waals surface area contributed by atoms with Crippen LogP contribution in [0.5, 0.6) is 11.5 Å². The highest BCUT2D eigenvalue weighted by molar-refractivity contribution is 6.34. The molecule has 466 valence electrons. The molecule has 0 aromatic heterocycles. The standard InChI is InChI=1S/C59H95ClO10.C3H6.C3H8.C2H4O.C2H4/c1-16-22-44-24-19-20-25-45(34-67-49(23-17-2)40(11)53(63)56(36(6)7)68-42(13)51-47-33-48(47)54(64)52(60)55(51)65)58(66)69-50(41(12)62)28-27-37(8)31-39(10)57(43(18-3)32-38(44)9)70-59(14,15)46(26-21-29-61)30-35(4)5;1-2-3-1;1-3-2;1-2-3;1-2/h19-20,25,27,31,35-36,38,40-41,43-44,46,49-50,53,56-57,61-65H,13,16-18,21-24,26,28-30,32-34H2,1-12,14-15H3;1-3H2;3H2,1-2H3;2H,1H3;1-2H2/b20-19+,37-27+,39-31+,45-25+;;;;. The van der Waals surface area contributed by atoms with E-state index in [1.807, 2.05) is 46.8 Å². The van der Waals surface area contributed by atoms with Crippen molar-refractivity contribution >= 4 is 29.6 Å². The summed E-state index contributed by atoms with van der Waals surface area (Å²) < 4.78 is 26.4. The minimum atomic E-state index is -1.03. The van der Waals surface area contributed by atoms with Crippen LogP contribution in [0.3, 0.4) is 0 Å². The summed E-state index contributed by atoms with van der Waals surface area (Å²) in [4.78, 5) is 23.0. The lowest BCUT2D eigenvalue weighted by Gasteiger charge is -2.42. The van der Waals surface area contributed by atoms with E-state index < -0.39 is 48.0 Å². The number of cyclic esters (lactones) is 1. The Bertz CT molecular complexity index is 2080. The highest BCUT2D eigenvalue weighted by Crippen LogP contribution is 2.52. The van der Waals surface area contributed by atoms with Crippen molar-refractivity contribution in [3.63, 3.8) is 0 Å². The summed E-state index contributed by atoms with van der Waals surface area (Å²) in [6.07, 6.45) is 22.1. The van der Waals surface area contributed by atoms with Crippen molar-refractivity contribution in [2.45, 2.75) is 263 Å². The summed E-state index contributed by atoms with van der Waals surface area (Å²) in [5.74, 6) is 0.362. The van der Waals surface area contributed by atoms with Gasteiger partial charge in [0.1, 0.15) is 40.8 Å². The van der Waals surface area contributed by atoms with Gasteiger partial charge in [0.2, 0.25) is 0 Å². The number of phenolic OH excluding ortho intramolecular Hbond substituents is 2. The maximum Gasteiger partial charge on any atom is 0.336 e. The van der Waals surface area contributed by atoms with Gasteiger partial charge in [-0.3, -0.25) is 0 Å². The number of aliphatic hydroxyl groups is 3. The number of benzene rings is 1. The summed E-state index contributed by atoms with van der Waals surface area (Å²) >= 11 is 6.24. The van der Waals surface area contributed by atoms with E-state index in [4.69, 9.17) is 35.3 Å². The zero-order valence-electron chi connectivity index (χ0n) is 53.9. The van der Waals surface area contributed by atoms with Crippen LogP contribution in [0.4, 0.5) is 0 Å². The minimum Gasteiger partial charge on any atom is -0.506 e. The zero-order valence-corrected chi connectivity index (χ0v) is 54.6. The number of aromatic hydroxyl groups is 2. The Kier molecular flexibility index (Phi) is 39.4. The minimum absolute atomic E-state index is 0.0805. The molecule has 0 bridgehead atoms. The number of fused-ring (bicyclic) bond motifs is 1. The molecule has 1 heterocycles. The first-order valence-electron chi connectivity index (χ1n) is 31.0. The maximum absolute atomic E-state index is 14.2. The second-order valence-corrected chi connectivity index (χ2v) is 24.5. The first-order chi connectivity index (χ1) is 38.3. The molecule has 1 fully saturated rings. The molecule has 4 rings (SSSR count). The molecule has 0 saturated heterocycles. The molecule has 11 nitrogen and oxygen atoms in total. The third kappa shape index (κ3) is 27.7. The Labute approximate surface area is 498 Å². The zero-order chi connectivity index (χ0) is 62.2. The van der Waals surface area contributed by atoms with Crippen molar-refractivity contribution in [2.75, 3.05) is 13.2 Å². The van der Waals surface area contributed by atoms with Crippen LogP contribution in [0.15, 0.2) is 66.8 Å². The normalized spacial score (nSPS) is 23.9. The fourth-order valence-electron chi connectivity index (χ4n) is 10.5. The van der Waals surface area contributed by atoms with Crippen LogP contribution in [-0.2, 0) is 35.0 Å². The van der Waals surface area contributed by atoms with Crippen LogP contribution in [0.25, 0.3) is 5.76 Å². The van der Waals surface area contributed by atoms with Crippen molar-refractivity contribution in [3.05, 3.63) is 88.5 Å². The van der Waals surface area contributed by atoms with Gasteiger partial charge in [0.25, 0.3) is 0 Å². The van der Waals surface area contributed by atoms with Crippen molar-refractivity contribution < 1.29 is 54.1 Å². The number of phenols is 2. The van der Waals surface area contributed by atoms with E-state index in [0.717, 1.165) is 75.2 Å². The number of ether oxygens (including phenoxy) is 4. The SMILES string of the molecule is C1CC1.C=C.C=C(OC(C(C)C)C(O)C(C)C(CCC)OC/C1=C\C=C\CC(CCC)C(C)CC(CC)C(OC(C)(C)C(CCCO)CC(C)C)/C(C)=C/C(C)=C/CC(C(C)O)OC1=O)c1c(O)c(Cl)c(O)c2c1C2.CC=O.CCC. The molecule has 11 unspecified atom stereocenters. The smallest absolute Gasteiger partial charge is 0.336 e. The van der Waals surface area contributed by atoms with Gasteiger partial charge in [-0.1, -0.05) is 176 Å². The van der Waals surface area contributed by atoms with Gasteiger partial charge in [-0.2, -0.15) is 0 Å². The molecule has 81 heavy (non-hydrogen) atoms. The second-order valence-electron chi connectivity index (χ2n) is 24.1. The molecular weight excluding hydrogens is 1040 g/mol. The van der Waals surface area contributed by atoms with Crippen LogP contribution in [0.1, 0.15) is 231 Å². The molecule has 1 aromatic carbocycles. The highest BCUT2D eigenvalue weighted by atomic mass is 35.5. The van der Waals surface area contributed by atoms with Gasteiger partial charge in [-0.05, 0) is 133 Å². The molecule has 1 saturated carbocycles. The number of aliphatic hydroxyl groups excluding tert-OH is 3. The number of halogens is 1. The van der Waals surface area contributed by atoms with Crippen molar-refractivity contribution in [1.29, 1.82) is 0 Å². The summed E-state index contributed by atoms with van der Waals surface area (Å²) in [6.45, 7) is 45.4. The van der Waals surface area contributed by atoms with E-state index in [0.29, 0.717) is 59.3 Å². The Morgan fingerprint density at radius 3 is 2.04 bits per heavy atom. The number of aldehydes is 1. The Balaban J connectivity index is 0.00000532. The molecule has 11 atom stereocenters. The fourth-order valence-corrected chi connectivity index (χ4v) is 10.7. The predicted molar refractivity (Wildman–Crippen MR) is 339 cm³/mol. The highest BCUT2D eigenvalue weighted by Gasteiger charge is 2.40. The number of hydrogen-bond donors (Lipinski definition) is 5.